The predicted molar refractivity (Wildman–Crippen MR) is 90.2 cm³/mol. The van der Waals surface area contributed by atoms with Crippen LogP contribution >= 0.6 is 15.9 Å². The Kier molecular flexibility index (Phi) is 4.39. The molecule has 0 bridgehead atoms. The normalized spacial score (nSPS) is 10.5. The number of rotatable bonds is 5. The molecule has 1 aromatic carbocycles. The van der Waals surface area contributed by atoms with Crippen LogP contribution in [0.15, 0.2) is 57.6 Å². The van der Waals surface area contributed by atoms with E-state index in [0.717, 1.165) is 27.4 Å². The first-order valence-electron chi connectivity index (χ1n) is 6.83. The molecule has 0 aliphatic rings. The van der Waals surface area contributed by atoms with Crippen molar-refractivity contribution >= 4 is 33.4 Å². The molecule has 0 aliphatic heterocycles. The fraction of sp³-hybridized carbons (Fsp3) is 0.125. The topological polar surface area (TPSA) is 63.0 Å². The largest absolute Gasteiger partial charge is 0.467 e. The van der Waals surface area contributed by atoms with Gasteiger partial charge in [-0.25, -0.2) is 4.98 Å². The zero-order valence-electron chi connectivity index (χ0n) is 12.0. The number of nitrogens with one attached hydrogen (secondary N) is 2. The van der Waals surface area contributed by atoms with Gasteiger partial charge in [0.05, 0.1) is 12.8 Å². The van der Waals surface area contributed by atoms with Crippen LogP contribution in [0.4, 0.5) is 17.5 Å². The zero-order chi connectivity index (χ0) is 15.4. The van der Waals surface area contributed by atoms with Gasteiger partial charge in [0.15, 0.2) is 0 Å². The first-order valence-corrected chi connectivity index (χ1v) is 7.63. The van der Waals surface area contributed by atoms with Crippen molar-refractivity contribution in [2.45, 2.75) is 13.5 Å². The molecule has 22 heavy (non-hydrogen) atoms. The fourth-order valence-corrected chi connectivity index (χ4v) is 2.40. The van der Waals surface area contributed by atoms with Crippen LogP contribution in [0.25, 0.3) is 0 Å². The summed E-state index contributed by atoms with van der Waals surface area (Å²) >= 11 is 3.45. The van der Waals surface area contributed by atoms with Crippen LogP contribution < -0.4 is 10.6 Å². The maximum Gasteiger partial charge on any atom is 0.229 e. The lowest BCUT2D eigenvalue weighted by Crippen LogP contribution is -2.05. The highest BCUT2D eigenvalue weighted by molar-refractivity contribution is 9.10. The molecule has 112 valence electrons. The standard InChI is InChI=1S/C16H15BrN4O/c1-11-8-15(18-10-14-6-3-7-22-14)21-16(19-11)20-13-5-2-4-12(17)9-13/h2-9H,10H2,1H3,(H2,18,19,20,21). The molecule has 0 fully saturated rings. The van der Waals surface area contributed by atoms with E-state index >= 15 is 0 Å². The van der Waals surface area contributed by atoms with Crippen LogP contribution in [0.1, 0.15) is 11.5 Å². The Bertz CT molecular complexity index is 759. The summed E-state index contributed by atoms with van der Waals surface area (Å²) in [5, 5.41) is 6.43. The van der Waals surface area contributed by atoms with Crippen molar-refractivity contribution in [2.75, 3.05) is 10.6 Å². The van der Waals surface area contributed by atoms with Crippen LogP contribution in [0.2, 0.25) is 0 Å². The molecule has 3 aromatic rings. The Labute approximate surface area is 136 Å². The van der Waals surface area contributed by atoms with Crippen LogP contribution in [0, 0.1) is 6.92 Å². The van der Waals surface area contributed by atoms with Gasteiger partial charge in [0.1, 0.15) is 11.6 Å². The Balaban J connectivity index is 1.74. The lowest BCUT2D eigenvalue weighted by molar-refractivity contribution is 0.518. The number of benzene rings is 1. The molecule has 0 atom stereocenters. The Morgan fingerprint density at radius 2 is 2.05 bits per heavy atom. The lowest BCUT2D eigenvalue weighted by Gasteiger charge is -2.09. The second kappa shape index (κ2) is 6.62. The van der Waals surface area contributed by atoms with E-state index in [2.05, 4.69) is 36.5 Å². The summed E-state index contributed by atoms with van der Waals surface area (Å²) in [5.41, 5.74) is 1.81. The van der Waals surface area contributed by atoms with E-state index in [4.69, 9.17) is 4.42 Å². The number of hydrogen-bond acceptors (Lipinski definition) is 5. The smallest absolute Gasteiger partial charge is 0.229 e. The van der Waals surface area contributed by atoms with Crippen LogP contribution in [0.5, 0.6) is 0 Å². The van der Waals surface area contributed by atoms with Gasteiger partial charge in [-0.15, -0.1) is 0 Å². The first-order chi connectivity index (χ1) is 10.7. The second-order valence-electron chi connectivity index (χ2n) is 4.79. The number of nitrogens with zero attached hydrogens (tertiary/aromatic N) is 2. The zero-order valence-corrected chi connectivity index (χ0v) is 13.6. The molecule has 2 heterocycles. The summed E-state index contributed by atoms with van der Waals surface area (Å²) in [6, 6.07) is 13.5. The van der Waals surface area contributed by atoms with Crippen molar-refractivity contribution in [3.63, 3.8) is 0 Å². The molecule has 3 rings (SSSR count). The molecule has 0 spiro atoms. The number of aryl methyl sites for hydroxylation is 1. The van der Waals surface area contributed by atoms with Crippen molar-refractivity contribution in [3.05, 3.63) is 64.7 Å². The number of halogens is 1. The highest BCUT2D eigenvalue weighted by atomic mass is 79.9. The number of furan rings is 1. The molecule has 2 aromatic heterocycles. The molecule has 0 saturated carbocycles. The lowest BCUT2D eigenvalue weighted by atomic mass is 10.3. The van der Waals surface area contributed by atoms with Gasteiger partial charge in [-0.1, -0.05) is 22.0 Å². The molecule has 0 radical (unpaired) electrons. The van der Waals surface area contributed by atoms with Gasteiger partial charge in [-0.3, -0.25) is 0 Å². The van der Waals surface area contributed by atoms with E-state index in [1.165, 1.54) is 0 Å². The van der Waals surface area contributed by atoms with Crippen LogP contribution in [-0.4, -0.2) is 9.97 Å². The SMILES string of the molecule is Cc1cc(NCc2ccco2)nc(Nc2cccc(Br)c2)n1. The third-order valence-electron chi connectivity index (χ3n) is 2.96. The van der Waals surface area contributed by atoms with Gasteiger partial charge < -0.3 is 15.1 Å². The fourth-order valence-electron chi connectivity index (χ4n) is 2.00. The Morgan fingerprint density at radius 1 is 1.14 bits per heavy atom. The average Bonchev–Trinajstić information content (AvgIpc) is 2.98. The maximum atomic E-state index is 5.30. The minimum Gasteiger partial charge on any atom is -0.467 e. The minimum atomic E-state index is 0.556. The molecular weight excluding hydrogens is 344 g/mol. The average molecular weight is 359 g/mol. The quantitative estimate of drug-likeness (QED) is 0.703. The van der Waals surface area contributed by atoms with E-state index in [9.17, 15) is 0 Å². The van der Waals surface area contributed by atoms with E-state index in [1.54, 1.807) is 6.26 Å². The highest BCUT2D eigenvalue weighted by Crippen LogP contribution is 2.20. The number of anilines is 3. The van der Waals surface area contributed by atoms with Crippen LogP contribution in [-0.2, 0) is 6.54 Å². The summed E-state index contributed by atoms with van der Waals surface area (Å²) in [4.78, 5) is 8.87. The van der Waals surface area contributed by atoms with Crippen molar-refractivity contribution in [3.8, 4) is 0 Å². The van der Waals surface area contributed by atoms with E-state index < -0.39 is 0 Å². The van der Waals surface area contributed by atoms with Crippen molar-refractivity contribution in [2.24, 2.45) is 0 Å². The van der Waals surface area contributed by atoms with E-state index in [-0.39, 0.29) is 0 Å². The molecule has 2 N–H and O–H groups in total. The number of hydrogen-bond donors (Lipinski definition) is 2. The number of aromatic nitrogens is 2. The van der Waals surface area contributed by atoms with Gasteiger partial charge in [0.2, 0.25) is 5.95 Å². The Morgan fingerprint density at radius 3 is 2.82 bits per heavy atom. The minimum absolute atomic E-state index is 0.556. The summed E-state index contributed by atoms with van der Waals surface area (Å²) in [5.74, 6) is 2.17. The summed E-state index contributed by atoms with van der Waals surface area (Å²) in [7, 11) is 0. The van der Waals surface area contributed by atoms with E-state index in [1.807, 2.05) is 49.4 Å². The van der Waals surface area contributed by atoms with Gasteiger partial charge in [-0.2, -0.15) is 4.98 Å². The van der Waals surface area contributed by atoms with Gasteiger partial charge >= 0.3 is 0 Å². The van der Waals surface area contributed by atoms with Gasteiger partial charge in [-0.05, 0) is 37.3 Å². The van der Waals surface area contributed by atoms with Crippen molar-refractivity contribution in [1.82, 2.24) is 9.97 Å². The molecule has 5 nitrogen and oxygen atoms in total. The molecule has 0 amide bonds. The highest BCUT2D eigenvalue weighted by Gasteiger charge is 2.04. The molecule has 0 aliphatic carbocycles. The van der Waals surface area contributed by atoms with Crippen LogP contribution in [0.3, 0.4) is 0 Å². The van der Waals surface area contributed by atoms with Gasteiger partial charge in [0, 0.05) is 21.9 Å². The van der Waals surface area contributed by atoms with Crippen molar-refractivity contribution < 1.29 is 4.42 Å². The third kappa shape index (κ3) is 3.85. The summed E-state index contributed by atoms with van der Waals surface area (Å²) < 4.78 is 6.30. The third-order valence-corrected chi connectivity index (χ3v) is 3.45. The van der Waals surface area contributed by atoms with Crippen molar-refractivity contribution in [1.29, 1.82) is 0 Å². The molecule has 6 heteroatoms. The maximum absolute atomic E-state index is 5.30. The summed E-state index contributed by atoms with van der Waals surface area (Å²) in [6.45, 7) is 2.52. The van der Waals surface area contributed by atoms with E-state index in [0.29, 0.717) is 12.5 Å². The molecular formula is C16H15BrN4O. The molecule has 0 saturated heterocycles. The monoisotopic (exact) mass is 358 g/mol. The second-order valence-corrected chi connectivity index (χ2v) is 5.70. The Hall–Kier alpha value is -2.34. The predicted octanol–water partition coefficient (Wildman–Crippen LogP) is 4.50. The summed E-state index contributed by atoms with van der Waals surface area (Å²) in [6.07, 6.45) is 1.66. The molecule has 0 unspecified atom stereocenters. The van der Waals surface area contributed by atoms with Gasteiger partial charge in [0.25, 0.3) is 0 Å². The first kappa shape index (κ1) is 14.6.